The summed E-state index contributed by atoms with van der Waals surface area (Å²) in [5, 5.41) is 8.97. The minimum absolute atomic E-state index is 0.0114. The van der Waals surface area contributed by atoms with Crippen molar-refractivity contribution < 1.29 is 14.3 Å². The zero-order valence-corrected chi connectivity index (χ0v) is 12.5. The Balaban J connectivity index is 2.79. The molecule has 0 aliphatic carbocycles. The molecule has 0 fully saturated rings. The number of nitrogens with zero attached hydrogens (tertiary/aromatic N) is 1. The Morgan fingerprint density at radius 1 is 1.30 bits per heavy atom. The summed E-state index contributed by atoms with van der Waals surface area (Å²) in [6.45, 7) is 7.89. The first kappa shape index (κ1) is 16.6. The lowest BCUT2D eigenvalue weighted by Crippen LogP contribution is -2.31. The lowest BCUT2D eigenvalue weighted by Gasteiger charge is -2.26. The van der Waals surface area contributed by atoms with E-state index < -0.39 is 11.8 Å². The van der Waals surface area contributed by atoms with Gasteiger partial charge in [0.15, 0.2) is 0 Å². The van der Waals surface area contributed by atoms with Gasteiger partial charge in [-0.15, -0.1) is 0 Å². The number of aromatic carboxylic acids is 1. The molecule has 0 saturated heterocycles. The van der Waals surface area contributed by atoms with Gasteiger partial charge >= 0.3 is 5.97 Å². The Bertz CT molecular complexity index is 446. The predicted octanol–water partition coefficient (Wildman–Crippen LogP) is 3.92. The summed E-state index contributed by atoms with van der Waals surface area (Å²) in [6.07, 6.45) is 3.44. The molecule has 3 nitrogen and oxygen atoms in total. The smallest absolute Gasteiger partial charge is 0.335 e. The number of carboxylic acid groups (broad SMARTS) is 1. The van der Waals surface area contributed by atoms with Crippen molar-refractivity contribution in [3.8, 4) is 0 Å². The fourth-order valence-corrected chi connectivity index (χ4v) is 2.18. The fraction of sp³-hybridized carbons (Fsp3) is 0.562. The summed E-state index contributed by atoms with van der Waals surface area (Å²) >= 11 is 0. The largest absolute Gasteiger partial charge is 0.478 e. The van der Waals surface area contributed by atoms with Gasteiger partial charge in [-0.3, -0.25) is 4.90 Å². The number of hydrogen-bond donors (Lipinski definition) is 1. The van der Waals surface area contributed by atoms with Crippen molar-refractivity contribution in [3.63, 3.8) is 0 Å². The zero-order valence-electron chi connectivity index (χ0n) is 12.5. The third-order valence-corrected chi connectivity index (χ3v) is 3.37. The molecule has 0 unspecified atom stereocenters. The number of carbonyl (C=O) groups is 1. The number of halogens is 1. The van der Waals surface area contributed by atoms with Gasteiger partial charge in [0, 0.05) is 12.6 Å². The van der Waals surface area contributed by atoms with Crippen LogP contribution in [0.25, 0.3) is 0 Å². The second-order valence-electron chi connectivity index (χ2n) is 5.42. The number of benzene rings is 1. The van der Waals surface area contributed by atoms with Crippen LogP contribution in [0.3, 0.4) is 0 Å². The fourth-order valence-electron chi connectivity index (χ4n) is 2.18. The molecule has 0 aliphatic heterocycles. The van der Waals surface area contributed by atoms with E-state index in [0.29, 0.717) is 18.2 Å². The standard InChI is InChI=1S/C16H24FNO2/c1-4-5-6-7-18(12(2)3)11-13-8-14(16(19)20)10-15(17)9-13/h8-10,12H,4-7,11H2,1-3H3,(H,19,20). The van der Waals surface area contributed by atoms with Crippen molar-refractivity contribution in [3.05, 3.63) is 35.1 Å². The molecule has 1 rings (SSSR count). The number of rotatable bonds is 8. The van der Waals surface area contributed by atoms with E-state index in [4.69, 9.17) is 5.11 Å². The molecule has 1 aromatic rings. The van der Waals surface area contributed by atoms with E-state index in [1.54, 1.807) is 6.07 Å². The molecule has 0 atom stereocenters. The third kappa shape index (κ3) is 5.29. The van der Waals surface area contributed by atoms with Crippen LogP contribution >= 0.6 is 0 Å². The summed E-state index contributed by atoms with van der Waals surface area (Å²) in [6, 6.07) is 4.38. The Labute approximate surface area is 120 Å². The molecule has 112 valence electrons. The molecule has 0 radical (unpaired) electrons. The molecule has 0 heterocycles. The summed E-state index contributed by atoms with van der Waals surface area (Å²) in [5.41, 5.74) is 0.727. The van der Waals surface area contributed by atoms with Crippen molar-refractivity contribution in [1.29, 1.82) is 0 Å². The first-order chi connectivity index (χ1) is 9.43. The van der Waals surface area contributed by atoms with Crippen LogP contribution in [0.1, 0.15) is 56.0 Å². The number of carboxylic acids is 1. The Morgan fingerprint density at radius 3 is 2.55 bits per heavy atom. The monoisotopic (exact) mass is 281 g/mol. The zero-order chi connectivity index (χ0) is 15.1. The van der Waals surface area contributed by atoms with Crippen LogP contribution in [0, 0.1) is 5.82 Å². The maximum atomic E-state index is 13.5. The highest BCUT2D eigenvalue weighted by atomic mass is 19.1. The molecular formula is C16H24FNO2. The van der Waals surface area contributed by atoms with Gasteiger partial charge in [-0.1, -0.05) is 19.8 Å². The van der Waals surface area contributed by atoms with E-state index in [1.165, 1.54) is 12.5 Å². The van der Waals surface area contributed by atoms with Crippen molar-refractivity contribution in [2.75, 3.05) is 6.54 Å². The Kier molecular flexibility index (Phi) is 6.65. The highest BCUT2D eigenvalue weighted by Crippen LogP contribution is 2.14. The van der Waals surface area contributed by atoms with Gasteiger partial charge in [0.25, 0.3) is 0 Å². The SMILES string of the molecule is CCCCCN(Cc1cc(F)cc(C(=O)O)c1)C(C)C. The molecule has 0 amide bonds. The van der Waals surface area contributed by atoms with Crippen molar-refractivity contribution in [1.82, 2.24) is 4.90 Å². The third-order valence-electron chi connectivity index (χ3n) is 3.37. The van der Waals surface area contributed by atoms with Gasteiger partial charge < -0.3 is 5.11 Å². The van der Waals surface area contributed by atoms with E-state index in [-0.39, 0.29) is 5.56 Å². The number of unbranched alkanes of at least 4 members (excludes halogenated alkanes) is 2. The van der Waals surface area contributed by atoms with Crippen LogP contribution in [0.5, 0.6) is 0 Å². The minimum atomic E-state index is -1.09. The Morgan fingerprint density at radius 2 is 2.00 bits per heavy atom. The van der Waals surface area contributed by atoms with E-state index in [9.17, 15) is 9.18 Å². The van der Waals surface area contributed by atoms with Gasteiger partial charge in [0.1, 0.15) is 5.82 Å². The highest BCUT2D eigenvalue weighted by molar-refractivity contribution is 5.87. The molecule has 0 bridgehead atoms. The molecule has 0 aromatic heterocycles. The molecule has 20 heavy (non-hydrogen) atoms. The van der Waals surface area contributed by atoms with Crippen LogP contribution in [-0.4, -0.2) is 28.6 Å². The van der Waals surface area contributed by atoms with Crippen LogP contribution in [0.2, 0.25) is 0 Å². The molecule has 4 heteroatoms. The molecule has 1 aromatic carbocycles. The lowest BCUT2D eigenvalue weighted by molar-refractivity contribution is 0.0696. The maximum absolute atomic E-state index is 13.5. The molecule has 1 N–H and O–H groups in total. The van der Waals surface area contributed by atoms with Crippen molar-refractivity contribution >= 4 is 5.97 Å². The van der Waals surface area contributed by atoms with Crippen LogP contribution in [0.15, 0.2) is 18.2 Å². The van der Waals surface area contributed by atoms with E-state index in [1.807, 2.05) is 0 Å². The van der Waals surface area contributed by atoms with Crippen LogP contribution in [-0.2, 0) is 6.54 Å². The summed E-state index contributed by atoms with van der Waals surface area (Å²) < 4.78 is 13.5. The quantitative estimate of drug-likeness (QED) is 0.734. The van der Waals surface area contributed by atoms with E-state index >= 15 is 0 Å². The Hall–Kier alpha value is -1.42. The highest BCUT2D eigenvalue weighted by Gasteiger charge is 2.13. The topological polar surface area (TPSA) is 40.5 Å². The van der Waals surface area contributed by atoms with Gasteiger partial charge in [0.2, 0.25) is 0 Å². The van der Waals surface area contributed by atoms with Crippen LogP contribution in [0.4, 0.5) is 4.39 Å². The maximum Gasteiger partial charge on any atom is 0.335 e. The molecular weight excluding hydrogens is 257 g/mol. The van der Waals surface area contributed by atoms with Crippen molar-refractivity contribution in [2.45, 2.75) is 52.6 Å². The molecule has 0 saturated carbocycles. The van der Waals surface area contributed by atoms with Gasteiger partial charge in [-0.2, -0.15) is 0 Å². The predicted molar refractivity (Wildman–Crippen MR) is 78.4 cm³/mol. The average Bonchev–Trinajstić information content (AvgIpc) is 2.36. The van der Waals surface area contributed by atoms with E-state index in [2.05, 4.69) is 25.7 Å². The van der Waals surface area contributed by atoms with Crippen molar-refractivity contribution in [2.24, 2.45) is 0 Å². The van der Waals surface area contributed by atoms with Gasteiger partial charge in [-0.25, -0.2) is 9.18 Å². The van der Waals surface area contributed by atoms with Gasteiger partial charge in [-0.05, 0) is 50.6 Å². The van der Waals surface area contributed by atoms with Gasteiger partial charge in [0.05, 0.1) is 5.56 Å². The summed E-state index contributed by atoms with van der Waals surface area (Å²) in [4.78, 5) is 13.2. The first-order valence-corrected chi connectivity index (χ1v) is 7.20. The number of hydrogen-bond acceptors (Lipinski definition) is 2. The second-order valence-corrected chi connectivity index (χ2v) is 5.42. The molecule has 0 spiro atoms. The average molecular weight is 281 g/mol. The summed E-state index contributed by atoms with van der Waals surface area (Å²) in [5.74, 6) is -1.58. The summed E-state index contributed by atoms with van der Waals surface area (Å²) in [7, 11) is 0. The normalized spacial score (nSPS) is 11.3. The first-order valence-electron chi connectivity index (χ1n) is 7.20. The molecule has 0 aliphatic rings. The minimum Gasteiger partial charge on any atom is -0.478 e. The lowest BCUT2D eigenvalue weighted by atomic mass is 10.1. The second kappa shape index (κ2) is 8.00. The van der Waals surface area contributed by atoms with Crippen LogP contribution < -0.4 is 0 Å². The van der Waals surface area contributed by atoms with E-state index in [0.717, 1.165) is 25.5 Å².